The second-order valence-electron chi connectivity index (χ2n) is 2.51. The lowest BCUT2D eigenvalue weighted by Crippen LogP contribution is -2.16. The predicted octanol–water partition coefficient (Wildman–Crippen LogP) is 1.41. The maximum absolute atomic E-state index is 4.03. The van der Waals surface area contributed by atoms with E-state index in [2.05, 4.69) is 11.3 Å². The summed E-state index contributed by atoms with van der Waals surface area (Å²) in [6, 6.07) is 2.55. The van der Waals surface area contributed by atoms with Crippen LogP contribution in [0, 0.1) is 6.20 Å². The van der Waals surface area contributed by atoms with Crippen LogP contribution < -0.4 is 0 Å². The molecular weight excluding hydrogens is 112 g/mol. The molecule has 1 saturated carbocycles. The molecule has 1 aliphatic carbocycles. The Morgan fingerprint density at radius 1 is 1.56 bits per heavy atom. The van der Waals surface area contributed by atoms with E-state index in [1.807, 2.05) is 16.9 Å². The molecule has 0 bridgehead atoms. The van der Waals surface area contributed by atoms with Gasteiger partial charge in [-0.25, -0.2) is 0 Å². The molecule has 0 saturated heterocycles. The van der Waals surface area contributed by atoms with E-state index in [4.69, 9.17) is 0 Å². The van der Waals surface area contributed by atoms with Crippen molar-refractivity contribution in [1.29, 1.82) is 0 Å². The maximum atomic E-state index is 4.03. The van der Waals surface area contributed by atoms with Crippen molar-refractivity contribution < 1.29 is 0 Å². The molecule has 0 spiro atoms. The zero-order chi connectivity index (χ0) is 6.10. The Morgan fingerprint density at radius 3 is 2.89 bits per heavy atom. The van der Waals surface area contributed by atoms with Gasteiger partial charge in [0.1, 0.15) is 6.20 Å². The van der Waals surface area contributed by atoms with E-state index in [-0.39, 0.29) is 0 Å². The van der Waals surface area contributed by atoms with E-state index in [1.165, 1.54) is 19.3 Å². The van der Waals surface area contributed by atoms with Crippen LogP contribution in [0.5, 0.6) is 0 Å². The number of hydrogen-bond donors (Lipinski definition) is 0. The third-order valence-electron chi connectivity index (χ3n) is 1.92. The van der Waals surface area contributed by atoms with Gasteiger partial charge in [0.15, 0.2) is 0 Å². The lowest BCUT2D eigenvalue weighted by Gasteiger charge is -2.25. The first-order valence-corrected chi connectivity index (χ1v) is 3.38. The topological polar surface area (TPSA) is 17.8 Å². The molecule has 1 fully saturated rings. The average molecular weight is 121 g/mol. The molecule has 1 aliphatic rings. The summed E-state index contributed by atoms with van der Waals surface area (Å²) in [6.45, 7) is 0. The van der Waals surface area contributed by atoms with Gasteiger partial charge in [0.25, 0.3) is 0 Å². The molecule has 1 aromatic rings. The highest BCUT2D eigenvalue weighted by Gasteiger charge is 2.18. The minimum absolute atomic E-state index is 0.691. The van der Waals surface area contributed by atoms with Crippen molar-refractivity contribution in [3.8, 4) is 0 Å². The fourth-order valence-corrected chi connectivity index (χ4v) is 1.10. The van der Waals surface area contributed by atoms with Crippen molar-refractivity contribution in [1.82, 2.24) is 9.78 Å². The molecule has 1 radical (unpaired) electrons. The molecule has 0 aliphatic heterocycles. The van der Waals surface area contributed by atoms with E-state index < -0.39 is 0 Å². The van der Waals surface area contributed by atoms with Crippen molar-refractivity contribution in [2.75, 3.05) is 0 Å². The number of nitrogens with zero attached hydrogens (tertiary/aromatic N) is 2. The number of hydrogen-bond acceptors (Lipinski definition) is 1. The Morgan fingerprint density at radius 2 is 2.44 bits per heavy atom. The number of rotatable bonds is 1. The zero-order valence-corrected chi connectivity index (χ0v) is 5.25. The van der Waals surface area contributed by atoms with Gasteiger partial charge in [-0.1, -0.05) is 0 Å². The molecule has 2 heteroatoms. The van der Waals surface area contributed by atoms with Gasteiger partial charge >= 0.3 is 0 Å². The van der Waals surface area contributed by atoms with Crippen LogP contribution in [0.15, 0.2) is 12.3 Å². The molecule has 47 valence electrons. The van der Waals surface area contributed by atoms with Crippen LogP contribution in [-0.2, 0) is 0 Å². The van der Waals surface area contributed by atoms with E-state index in [0.29, 0.717) is 6.04 Å². The second kappa shape index (κ2) is 1.87. The Hall–Kier alpha value is -0.790. The lowest BCUT2D eigenvalue weighted by molar-refractivity contribution is 0.289. The van der Waals surface area contributed by atoms with Gasteiger partial charge < -0.3 is 0 Å². The summed E-state index contributed by atoms with van der Waals surface area (Å²) in [5.41, 5.74) is 0. The fourth-order valence-electron chi connectivity index (χ4n) is 1.10. The molecule has 0 atom stereocenters. The molecular formula is C7H9N2. The number of aromatic nitrogens is 2. The molecule has 1 heterocycles. The SMILES string of the molecule is [c]1ccn(C2CCC2)n1. The third kappa shape index (κ3) is 0.745. The summed E-state index contributed by atoms with van der Waals surface area (Å²) >= 11 is 0. The summed E-state index contributed by atoms with van der Waals surface area (Å²) in [6.07, 6.45) is 8.75. The minimum Gasteiger partial charge on any atom is -0.269 e. The normalized spacial score (nSPS) is 19.6. The summed E-state index contributed by atoms with van der Waals surface area (Å²) < 4.78 is 2.00. The van der Waals surface area contributed by atoms with Crippen molar-refractivity contribution in [3.05, 3.63) is 18.5 Å². The van der Waals surface area contributed by atoms with E-state index in [1.54, 1.807) is 0 Å². The van der Waals surface area contributed by atoms with Gasteiger partial charge in [0.05, 0.1) is 6.04 Å². The van der Waals surface area contributed by atoms with Gasteiger partial charge in [-0.3, -0.25) is 4.68 Å². The molecule has 2 rings (SSSR count). The van der Waals surface area contributed by atoms with Gasteiger partial charge in [0, 0.05) is 6.20 Å². The van der Waals surface area contributed by atoms with Crippen molar-refractivity contribution in [2.24, 2.45) is 0 Å². The smallest absolute Gasteiger partial charge is 0.113 e. The van der Waals surface area contributed by atoms with Crippen molar-refractivity contribution in [2.45, 2.75) is 25.3 Å². The lowest BCUT2D eigenvalue weighted by atomic mass is 9.93. The summed E-state index contributed by atoms with van der Waals surface area (Å²) in [5, 5.41) is 4.03. The van der Waals surface area contributed by atoms with Crippen LogP contribution in [0.4, 0.5) is 0 Å². The van der Waals surface area contributed by atoms with E-state index in [9.17, 15) is 0 Å². The van der Waals surface area contributed by atoms with Crippen LogP contribution >= 0.6 is 0 Å². The largest absolute Gasteiger partial charge is 0.269 e. The molecule has 0 unspecified atom stereocenters. The van der Waals surface area contributed by atoms with Crippen molar-refractivity contribution in [3.63, 3.8) is 0 Å². The first-order chi connectivity index (χ1) is 4.47. The van der Waals surface area contributed by atoms with Crippen LogP contribution in [0.2, 0.25) is 0 Å². The van der Waals surface area contributed by atoms with E-state index >= 15 is 0 Å². The highest BCUT2D eigenvalue weighted by atomic mass is 15.3. The molecule has 0 N–H and O–H groups in total. The van der Waals surface area contributed by atoms with Crippen LogP contribution in [-0.4, -0.2) is 9.78 Å². The van der Waals surface area contributed by atoms with Gasteiger partial charge in [-0.05, 0) is 25.3 Å². The van der Waals surface area contributed by atoms with Gasteiger partial charge in [-0.2, -0.15) is 5.10 Å². The quantitative estimate of drug-likeness (QED) is 0.549. The second-order valence-corrected chi connectivity index (χ2v) is 2.51. The Kier molecular flexibility index (Phi) is 1.04. The Bertz CT molecular complexity index is 175. The zero-order valence-electron chi connectivity index (χ0n) is 5.25. The third-order valence-corrected chi connectivity index (χ3v) is 1.92. The molecule has 9 heavy (non-hydrogen) atoms. The molecule has 0 amide bonds. The van der Waals surface area contributed by atoms with Gasteiger partial charge in [0.2, 0.25) is 0 Å². The summed E-state index contributed by atoms with van der Waals surface area (Å²) in [7, 11) is 0. The van der Waals surface area contributed by atoms with Crippen LogP contribution in [0.25, 0.3) is 0 Å². The van der Waals surface area contributed by atoms with Crippen LogP contribution in [0.3, 0.4) is 0 Å². The Labute approximate surface area is 54.5 Å². The van der Waals surface area contributed by atoms with Crippen LogP contribution in [0.1, 0.15) is 25.3 Å². The maximum Gasteiger partial charge on any atom is 0.113 e. The molecule has 1 aromatic heterocycles. The highest BCUT2D eigenvalue weighted by Crippen LogP contribution is 2.29. The fraction of sp³-hybridized carbons (Fsp3) is 0.571. The average Bonchev–Trinajstić information content (AvgIpc) is 2.11. The summed E-state index contributed by atoms with van der Waals surface area (Å²) in [5.74, 6) is 0. The van der Waals surface area contributed by atoms with E-state index in [0.717, 1.165) is 0 Å². The van der Waals surface area contributed by atoms with Crippen molar-refractivity contribution >= 4 is 0 Å². The highest BCUT2D eigenvalue weighted by molar-refractivity contribution is 4.83. The molecule has 2 nitrogen and oxygen atoms in total. The monoisotopic (exact) mass is 121 g/mol. The first kappa shape index (κ1) is 5.03. The standard InChI is InChI=1S/C7H9N2/c1-3-7(4-1)9-6-2-5-8-9/h2,6-7H,1,3-4H2. The Balaban J connectivity index is 2.14. The first-order valence-electron chi connectivity index (χ1n) is 3.38. The predicted molar refractivity (Wildman–Crippen MR) is 34.0 cm³/mol. The van der Waals surface area contributed by atoms with Gasteiger partial charge in [-0.15, -0.1) is 0 Å². The molecule has 0 aromatic carbocycles. The summed E-state index contributed by atoms with van der Waals surface area (Å²) in [4.78, 5) is 0. The minimum atomic E-state index is 0.691.